The molecule has 8 nitrogen and oxygen atoms in total. The van der Waals surface area contributed by atoms with E-state index in [-0.39, 0.29) is 11.7 Å². The molecule has 4 aromatic rings. The van der Waals surface area contributed by atoms with Gasteiger partial charge >= 0.3 is 5.69 Å². The molecule has 1 fully saturated rings. The van der Waals surface area contributed by atoms with Crippen LogP contribution in [-0.2, 0) is 0 Å². The van der Waals surface area contributed by atoms with Crippen molar-refractivity contribution in [3.05, 3.63) is 69.4 Å². The quantitative estimate of drug-likeness (QED) is 0.477. The van der Waals surface area contributed by atoms with Crippen LogP contribution >= 0.6 is 11.6 Å². The number of halogens is 1. The summed E-state index contributed by atoms with van der Waals surface area (Å²) in [7, 11) is 0. The van der Waals surface area contributed by atoms with Crippen LogP contribution in [-0.4, -0.2) is 49.3 Å². The number of imidazole rings is 1. The maximum atomic E-state index is 12.8. The summed E-state index contributed by atoms with van der Waals surface area (Å²) in [5.41, 5.74) is 3.18. The minimum absolute atomic E-state index is 0.110. The normalized spacial score (nSPS) is 16.6. The molecule has 166 valence electrons. The van der Waals surface area contributed by atoms with Crippen LogP contribution in [0.3, 0.4) is 0 Å². The standard InChI is InChI=1S/C23H24ClN5O3/c1-14-25-22(27-32-14)16-4-7-20-19(12-16)26-23(31)29(20)18-8-10-28(11-9-18)13-21(30)15-2-5-17(24)6-3-15/h2-7,12,18,21,30H,8-11,13H2,1H3,(H,26,31). The van der Waals surface area contributed by atoms with Gasteiger partial charge in [0.2, 0.25) is 11.7 Å². The van der Waals surface area contributed by atoms with Crippen molar-refractivity contribution in [3.63, 3.8) is 0 Å². The van der Waals surface area contributed by atoms with Gasteiger partial charge in [-0.05, 0) is 48.7 Å². The second-order valence-electron chi connectivity index (χ2n) is 8.27. The molecular formula is C23H24ClN5O3. The zero-order valence-electron chi connectivity index (χ0n) is 17.7. The first-order valence-corrected chi connectivity index (χ1v) is 11.1. The zero-order chi connectivity index (χ0) is 22.2. The van der Waals surface area contributed by atoms with Gasteiger partial charge in [-0.1, -0.05) is 28.9 Å². The van der Waals surface area contributed by atoms with E-state index in [0.717, 1.165) is 48.1 Å². The number of aromatic nitrogens is 4. The lowest BCUT2D eigenvalue weighted by atomic mass is 10.0. The molecule has 2 aromatic heterocycles. The number of hydrogen-bond acceptors (Lipinski definition) is 6. The summed E-state index contributed by atoms with van der Waals surface area (Å²) in [5, 5.41) is 15.2. The number of aliphatic hydroxyl groups is 1. The molecule has 2 N–H and O–H groups in total. The molecule has 0 spiro atoms. The van der Waals surface area contributed by atoms with Gasteiger partial charge in [-0.15, -0.1) is 0 Å². The molecule has 0 bridgehead atoms. The number of piperidine rings is 1. The fraction of sp³-hybridized carbons (Fsp3) is 0.348. The van der Waals surface area contributed by atoms with Crippen molar-refractivity contribution in [2.75, 3.05) is 19.6 Å². The fourth-order valence-corrected chi connectivity index (χ4v) is 4.57. The Bertz CT molecular complexity index is 1290. The summed E-state index contributed by atoms with van der Waals surface area (Å²) in [5.74, 6) is 1.00. The van der Waals surface area contributed by atoms with Crippen LogP contribution in [0, 0.1) is 6.92 Å². The van der Waals surface area contributed by atoms with E-state index in [1.807, 2.05) is 34.9 Å². The average molecular weight is 454 g/mol. The van der Waals surface area contributed by atoms with Crippen molar-refractivity contribution in [2.24, 2.45) is 0 Å². The Balaban J connectivity index is 1.29. The Labute approximate surface area is 189 Å². The number of β-amino-alcohol motifs (C(OH)–C–C–N with tert-alkyl or cyclic N) is 1. The number of likely N-dealkylation sites (tertiary alicyclic amines) is 1. The number of rotatable bonds is 5. The Morgan fingerprint density at radius 1 is 1.22 bits per heavy atom. The van der Waals surface area contributed by atoms with Gasteiger partial charge in [0.25, 0.3) is 0 Å². The molecule has 1 saturated heterocycles. The molecule has 32 heavy (non-hydrogen) atoms. The molecule has 0 amide bonds. The predicted octanol–water partition coefficient (Wildman–Crippen LogP) is 3.71. The largest absolute Gasteiger partial charge is 0.387 e. The molecule has 1 unspecified atom stereocenters. The number of fused-ring (bicyclic) bond motifs is 1. The Kier molecular flexibility index (Phi) is 5.58. The summed E-state index contributed by atoms with van der Waals surface area (Å²) in [6, 6.07) is 13.1. The number of aliphatic hydroxyl groups excluding tert-OH is 1. The molecule has 0 aliphatic carbocycles. The SMILES string of the molecule is Cc1nc(-c2ccc3c(c2)[nH]c(=O)n3C2CCN(CC(O)c3ccc(Cl)cc3)CC2)no1. The molecule has 0 saturated carbocycles. The first-order chi connectivity index (χ1) is 15.5. The molecule has 2 aromatic carbocycles. The van der Waals surface area contributed by atoms with Crippen LogP contribution < -0.4 is 5.69 Å². The van der Waals surface area contributed by atoms with Gasteiger partial charge in [-0.25, -0.2) is 4.79 Å². The average Bonchev–Trinajstić information content (AvgIpc) is 3.36. The monoisotopic (exact) mass is 453 g/mol. The van der Waals surface area contributed by atoms with E-state index < -0.39 is 6.10 Å². The predicted molar refractivity (Wildman–Crippen MR) is 122 cm³/mol. The molecule has 5 rings (SSSR count). The third kappa shape index (κ3) is 4.09. The van der Waals surface area contributed by atoms with Gasteiger partial charge in [0, 0.05) is 43.2 Å². The van der Waals surface area contributed by atoms with Gasteiger partial charge in [-0.3, -0.25) is 4.57 Å². The first-order valence-electron chi connectivity index (χ1n) is 10.7. The molecule has 1 aliphatic rings. The topological polar surface area (TPSA) is 100 Å². The number of hydrogen-bond donors (Lipinski definition) is 2. The van der Waals surface area contributed by atoms with Crippen molar-refractivity contribution in [1.82, 2.24) is 24.6 Å². The second kappa shape index (κ2) is 8.54. The summed E-state index contributed by atoms with van der Waals surface area (Å²) < 4.78 is 6.91. The maximum absolute atomic E-state index is 12.8. The molecule has 1 atom stereocenters. The number of aromatic amines is 1. The van der Waals surface area contributed by atoms with Gasteiger partial charge in [0.1, 0.15) is 0 Å². The van der Waals surface area contributed by atoms with E-state index in [1.54, 1.807) is 19.1 Å². The third-order valence-electron chi connectivity index (χ3n) is 6.11. The first kappa shape index (κ1) is 20.9. The summed E-state index contributed by atoms with van der Waals surface area (Å²) in [6.45, 7) is 3.93. The van der Waals surface area contributed by atoms with E-state index in [0.29, 0.717) is 23.3 Å². The van der Waals surface area contributed by atoms with Crippen LogP contribution in [0.4, 0.5) is 0 Å². The van der Waals surface area contributed by atoms with E-state index in [9.17, 15) is 9.90 Å². The van der Waals surface area contributed by atoms with Crippen LogP contribution in [0.15, 0.2) is 51.8 Å². The Hall–Kier alpha value is -2.94. The summed E-state index contributed by atoms with van der Waals surface area (Å²) in [4.78, 5) is 22.2. The third-order valence-corrected chi connectivity index (χ3v) is 6.36. The number of H-pyrrole nitrogens is 1. The second-order valence-corrected chi connectivity index (χ2v) is 8.70. The Morgan fingerprint density at radius 2 is 1.97 bits per heavy atom. The van der Waals surface area contributed by atoms with E-state index >= 15 is 0 Å². The smallest absolute Gasteiger partial charge is 0.326 e. The lowest BCUT2D eigenvalue weighted by Gasteiger charge is -2.33. The fourth-order valence-electron chi connectivity index (χ4n) is 4.44. The highest BCUT2D eigenvalue weighted by Crippen LogP contribution is 2.28. The van der Waals surface area contributed by atoms with Crippen molar-refractivity contribution in [1.29, 1.82) is 0 Å². The highest BCUT2D eigenvalue weighted by molar-refractivity contribution is 6.30. The molecule has 1 aliphatic heterocycles. The van der Waals surface area contributed by atoms with E-state index in [2.05, 4.69) is 20.0 Å². The molecule has 0 radical (unpaired) electrons. The highest BCUT2D eigenvalue weighted by atomic mass is 35.5. The number of benzene rings is 2. The minimum Gasteiger partial charge on any atom is -0.387 e. The van der Waals surface area contributed by atoms with Crippen molar-refractivity contribution in [3.8, 4) is 11.4 Å². The lowest BCUT2D eigenvalue weighted by molar-refractivity contribution is 0.0907. The summed E-state index contributed by atoms with van der Waals surface area (Å²) in [6.07, 6.45) is 1.12. The van der Waals surface area contributed by atoms with Crippen LogP contribution in [0.2, 0.25) is 5.02 Å². The lowest BCUT2D eigenvalue weighted by Crippen LogP contribution is -2.39. The van der Waals surface area contributed by atoms with Crippen LogP contribution in [0.25, 0.3) is 22.4 Å². The number of nitrogens with zero attached hydrogens (tertiary/aromatic N) is 4. The zero-order valence-corrected chi connectivity index (χ0v) is 18.4. The van der Waals surface area contributed by atoms with Gasteiger partial charge in [0.05, 0.1) is 17.1 Å². The number of aryl methyl sites for hydroxylation is 1. The Morgan fingerprint density at radius 3 is 2.66 bits per heavy atom. The highest BCUT2D eigenvalue weighted by Gasteiger charge is 2.25. The van der Waals surface area contributed by atoms with Crippen molar-refractivity contribution in [2.45, 2.75) is 31.9 Å². The van der Waals surface area contributed by atoms with Crippen molar-refractivity contribution >= 4 is 22.6 Å². The van der Waals surface area contributed by atoms with Gasteiger partial charge < -0.3 is 19.5 Å². The van der Waals surface area contributed by atoms with E-state index in [1.165, 1.54) is 0 Å². The minimum atomic E-state index is -0.563. The van der Waals surface area contributed by atoms with Gasteiger partial charge in [0.15, 0.2) is 0 Å². The maximum Gasteiger partial charge on any atom is 0.326 e. The molecule has 3 heterocycles. The molecule has 9 heteroatoms. The van der Waals surface area contributed by atoms with Crippen LogP contribution in [0.5, 0.6) is 0 Å². The van der Waals surface area contributed by atoms with Gasteiger partial charge in [-0.2, -0.15) is 4.98 Å². The van der Waals surface area contributed by atoms with E-state index in [4.69, 9.17) is 16.1 Å². The van der Waals surface area contributed by atoms with Crippen LogP contribution in [0.1, 0.15) is 36.4 Å². The van der Waals surface area contributed by atoms with Crippen molar-refractivity contribution < 1.29 is 9.63 Å². The molecular weight excluding hydrogens is 430 g/mol. The summed E-state index contributed by atoms with van der Waals surface area (Å²) >= 11 is 5.94. The number of nitrogens with one attached hydrogen (secondary N) is 1.